The van der Waals surface area contributed by atoms with Crippen molar-refractivity contribution in [1.29, 1.82) is 0 Å². The van der Waals surface area contributed by atoms with Gasteiger partial charge in [0.05, 0.1) is 11.4 Å². The summed E-state index contributed by atoms with van der Waals surface area (Å²) in [5.41, 5.74) is 5.36. The molecule has 0 saturated carbocycles. The van der Waals surface area contributed by atoms with Gasteiger partial charge in [-0.1, -0.05) is 37.3 Å². The third kappa shape index (κ3) is 3.58. The summed E-state index contributed by atoms with van der Waals surface area (Å²) in [7, 11) is 3.79. The average Bonchev–Trinajstić information content (AvgIpc) is 3.17. The molecule has 0 spiro atoms. The maximum absolute atomic E-state index is 13.1. The van der Waals surface area contributed by atoms with E-state index in [-0.39, 0.29) is 17.0 Å². The maximum atomic E-state index is 13.1. The van der Waals surface area contributed by atoms with Crippen LogP contribution in [0.1, 0.15) is 35.2 Å². The molecule has 4 rings (SSSR count). The Morgan fingerprint density at radius 1 is 0.806 bits per heavy atom. The highest BCUT2D eigenvalue weighted by atomic mass is 16.1. The Kier molecular flexibility index (Phi) is 5.31. The van der Waals surface area contributed by atoms with Gasteiger partial charge in [0.2, 0.25) is 0 Å². The van der Waals surface area contributed by atoms with E-state index in [2.05, 4.69) is 6.92 Å². The number of nitrogens with zero attached hydrogens (tertiary/aromatic N) is 4. The molecule has 0 aliphatic rings. The Labute approximate surface area is 181 Å². The van der Waals surface area contributed by atoms with Gasteiger partial charge in [-0.25, -0.2) is 9.36 Å². The van der Waals surface area contributed by atoms with E-state index in [9.17, 15) is 9.59 Å². The van der Waals surface area contributed by atoms with Crippen LogP contribution in [0.3, 0.4) is 0 Å². The van der Waals surface area contributed by atoms with Gasteiger partial charge in [-0.05, 0) is 56.0 Å². The van der Waals surface area contributed by atoms with Crippen molar-refractivity contribution in [3.8, 4) is 11.4 Å². The quantitative estimate of drug-likeness (QED) is 0.499. The monoisotopic (exact) mass is 416 g/mol. The molecule has 2 heterocycles. The minimum Gasteiger partial charge on any atom is -0.288 e. The highest BCUT2D eigenvalue weighted by Gasteiger charge is 2.17. The zero-order chi connectivity index (χ0) is 22.3. The first kappa shape index (κ1) is 20.7. The van der Waals surface area contributed by atoms with Crippen molar-refractivity contribution in [2.45, 2.75) is 33.1 Å². The molecule has 6 heteroatoms. The fourth-order valence-corrected chi connectivity index (χ4v) is 4.16. The van der Waals surface area contributed by atoms with Crippen LogP contribution in [0.25, 0.3) is 11.4 Å². The van der Waals surface area contributed by atoms with Crippen LogP contribution in [0, 0.1) is 13.8 Å². The summed E-state index contributed by atoms with van der Waals surface area (Å²) in [6.45, 7) is 5.88. The number of hydrogen-bond acceptors (Lipinski definition) is 2. The maximum Gasteiger partial charge on any atom is 0.274 e. The first-order valence-corrected chi connectivity index (χ1v) is 10.5. The standard InChI is InChI=1S/C25H28N4O2/c1-17(23-16-26(4)28(25(23)31)21-9-7-6-8-10-21)15-20-11-13-22(14-12-20)29-24(30)18(2)19(3)27(29)5/h6-14,16-17H,15H2,1-5H3. The second-order valence-corrected chi connectivity index (χ2v) is 8.23. The van der Waals surface area contributed by atoms with E-state index in [0.29, 0.717) is 0 Å². The Morgan fingerprint density at radius 2 is 1.42 bits per heavy atom. The van der Waals surface area contributed by atoms with Gasteiger partial charge in [-0.3, -0.25) is 19.0 Å². The van der Waals surface area contributed by atoms with Crippen molar-refractivity contribution in [2.75, 3.05) is 0 Å². The minimum absolute atomic E-state index is 0.00636. The van der Waals surface area contributed by atoms with E-state index >= 15 is 0 Å². The highest BCUT2D eigenvalue weighted by Crippen LogP contribution is 2.20. The molecule has 4 aromatic rings. The molecule has 1 unspecified atom stereocenters. The predicted molar refractivity (Wildman–Crippen MR) is 124 cm³/mol. The van der Waals surface area contributed by atoms with Gasteiger partial charge in [-0.2, -0.15) is 0 Å². The Bertz CT molecular complexity index is 1340. The Morgan fingerprint density at radius 3 is 2.00 bits per heavy atom. The highest BCUT2D eigenvalue weighted by molar-refractivity contribution is 5.37. The summed E-state index contributed by atoms with van der Waals surface area (Å²) in [4.78, 5) is 25.6. The largest absolute Gasteiger partial charge is 0.288 e. The molecule has 0 aliphatic carbocycles. The summed E-state index contributed by atoms with van der Waals surface area (Å²) >= 11 is 0. The van der Waals surface area contributed by atoms with Crippen molar-refractivity contribution < 1.29 is 0 Å². The van der Waals surface area contributed by atoms with E-state index in [1.165, 1.54) is 0 Å². The molecule has 160 valence electrons. The summed E-state index contributed by atoms with van der Waals surface area (Å²) in [5.74, 6) is 0.0664. The third-order valence-corrected chi connectivity index (χ3v) is 6.18. The van der Waals surface area contributed by atoms with Crippen molar-refractivity contribution in [3.05, 3.63) is 104 Å². The molecule has 0 amide bonds. The summed E-state index contributed by atoms with van der Waals surface area (Å²) < 4.78 is 7.11. The molecule has 0 N–H and O–H groups in total. The van der Waals surface area contributed by atoms with Gasteiger partial charge in [0.25, 0.3) is 11.1 Å². The van der Waals surface area contributed by atoms with Crippen molar-refractivity contribution in [1.82, 2.24) is 18.7 Å². The summed E-state index contributed by atoms with van der Waals surface area (Å²) in [6.07, 6.45) is 2.66. The van der Waals surface area contributed by atoms with Gasteiger partial charge < -0.3 is 0 Å². The van der Waals surface area contributed by atoms with Crippen LogP contribution in [0.4, 0.5) is 0 Å². The van der Waals surface area contributed by atoms with E-state index in [0.717, 1.165) is 40.2 Å². The van der Waals surface area contributed by atoms with E-state index in [1.807, 2.05) is 98.1 Å². The molecule has 0 bridgehead atoms. The molecule has 2 aromatic heterocycles. The Balaban J connectivity index is 1.59. The fourth-order valence-electron chi connectivity index (χ4n) is 4.16. The summed E-state index contributed by atoms with van der Waals surface area (Å²) in [5, 5.41) is 0. The molecule has 6 nitrogen and oxygen atoms in total. The van der Waals surface area contributed by atoms with Crippen molar-refractivity contribution in [3.63, 3.8) is 0 Å². The summed E-state index contributed by atoms with van der Waals surface area (Å²) in [6, 6.07) is 17.7. The van der Waals surface area contributed by atoms with Crippen LogP contribution in [0.2, 0.25) is 0 Å². The number of hydrogen-bond donors (Lipinski definition) is 0. The lowest BCUT2D eigenvalue weighted by Gasteiger charge is -2.11. The molecule has 0 fully saturated rings. The lowest BCUT2D eigenvalue weighted by Crippen LogP contribution is -2.22. The lowest BCUT2D eigenvalue weighted by molar-refractivity contribution is 0.629. The van der Waals surface area contributed by atoms with Crippen LogP contribution in [0.15, 0.2) is 70.4 Å². The molecular weight excluding hydrogens is 388 g/mol. The second kappa shape index (κ2) is 7.95. The minimum atomic E-state index is 0.00636. The number of para-hydroxylation sites is 1. The number of benzene rings is 2. The van der Waals surface area contributed by atoms with Crippen LogP contribution >= 0.6 is 0 Å². The van der Waals surface area contributed by atoms with Crippen LogP contribution in [-0.4, -0.2) is 18.7 Å². The SMILES string of the molecule is Cc1c(C)n(C)n(-c2ccc(CC(C)c3cn(C)n(-c4ccccc4)c3=O)cc2)c1=O. The van der Waals surface area contributed by atoms with E-state index in [1.54, 1.807) is 9.36 Å². The molecular formula is C25H28N4O2. The smallest absolute Gasteiger partial charge is 0.274 e. The average molecular weight is 417 g/mol. The second-order valence-electron chi connectivity index (χ2n) is 8.23. The van der Waals surface area contributed by atoms with Crippen LogP contribution in [-0.2, 0) is 20.5 Å². The van der Waals surface area contributed by atoms with Crippen LogP contribution < -0.4 is 11.1 Å². The van der Waals surface area contributed by atoms with Gasteiger partial charge in [-0.15, -0.1) is 0 Å². The molecule has 0 radical (unpaired) electrons. The molecule has 0 saturated heterocycles. The fraction of sp³-hybridized carbons (Fsp3) is 0.280. The Hall–Kier alpha value is -3.54. The third-order valence-electron chi connectivity index (χ3n) is 6.18. The molecule has 0 aliphatic heterocycles. The zero-order valence-electron chi connectivity index (χ0n) is 18.7. The topological polar surface area (TPSA) is 53.9 Å². The van der Waals surface area contributed by atoms with E-state index in [4.69, 9.17) is 0 Å². The van der Waals surface area contributed by atoms with E-state index < -0.39 is 0 Å². The number of aromatic nitrogens is 4. The molecule has 31 heavy (non-hydrogen) atoms. The first-order valence-electron chi connectivity index (χ1n) is 10.5. The normalized spacial score (nSPS) is 12.3. The van der Waals surface area contributed by atoms with Gasteiger partial charge in [0, 0.05) is 37.1 Å². The van der Waals surface area contributed by atoms with Crippen LogP contribution in [0.5, 0.6) is 0 Å². The zero-order valence-corrected chi connectivity index (χ0v) is 18.7. The lowest BCUT2D eigenvalue weighted by atomic mass is 9.96. The first-order chi connectivity index (χ1) is 14.8. The number of rotatable bonds is 5. The van der Waals surface area contributed by atoms with Gasteiger partial charge >= 0.3 is 0 Å². The molecule has 1 atom stereocenters. The predicted octanol–water partition coefficient (Wildman–Crippen LogP) is 3.63. The van der Waals surface area contributed by atoms with Gasteiger partial charge in [0.15, 0.2) is 0 Å². The number of aryl methyl sites for hydroxylation is 1. The van der Waals surface area contributed by atoms with Crippen molar-refractivity contribution >= 4 is 0 Å². The van der Waals surface area contributed by atoms with Gasteiger partial charge in [0.1, 0.15) is 0 Å². The van der Waals surface area contributed by atoms with Crippen molar-refractivity contribution in [2.24, 2.45) is 14.1 Å². The molecule has 2 aromatic carbocycles.